The first kappa shape index (κ1) is 15.2. The Balaban J connectivity index is 2.15. The maximum Gasteiger partial charge on any atom is 0.417 e. The second-order valence-electron chi connectivity index (χ2n) is 4.46. The molecule has 3 nitrogen and oxygen atoms in total. The second-order valence-corrected chi connectivity index (χ2v) is 5.55. The van der Waals surface area contributed by atoms with E-state index in [9.17, 15) is 18.0 Å². The molecule has 1 N–H and O–H groups in total. The second kappa shape index (κ2) is 6.05. The Labute approximate surface area is 118 Å². The maximum atomic E-state index is 12.7. The van der Waals surface area contributed by atoms with Gasteiger partial charge in [0, 0.05) is 17.3 Å². The monoisotopic (exact) mass is 306 g/mol. The highest BCUT2D eigenvalue weighted by atomic mass is 32.2. The summed E-state index contributed by atoms with van der Waals surface area (Å²) in [5.41, 5.74) is -1.83. The minimum atomic E-state index is -4.66. The normalized spacial score (nSPS) is 19.2. The number of carboxylic acid groups (broad SMARTS) is 1. The summed E-state index contributed by atoms with van der Waals surface area (Å²) in [6.45, 7) is 0.707. The topological polar surface area (TPSA) is 46.5 Å². The Bertz CT molecular complexity index is 496. The number of rotatable bonds is 4. The number of hydrogen-bond donors (Lipinski definition) is 1. The summed E-state index contributed by atoms with van der Waals surface area (Å²) in [7, 11) is 0. The van der Waals surface area contributed by atoms with E-state index in [1.165, 1.54) is 17.8 Å². The van der Waals surface area contributed by atoms with Crippen molar-refractivity contribution >= 4 is 17.7 Å². The largest absolute Gasteiger partial charge is 0.478 e. The van der Waals surface area contributed by atoms with E-state index < -0.39 is 23.3 Å². The Kier molecular flexibility index (Phi) is 4.59. The van der Waals surface area contributed by atoms with E-state index in [0.29, 0.717) is 17.3 Å². The van der Waals surface area contributed by atoms with Crippen molar-refractivity contribution in [3.05, 3.63) is 29.3 Å². The van der Waals surface area contributed by atoms with Crippen molar-refractivity contribution in [1.29, 1.82) is 0 Å². The van der Waals surface area contributed by atoms with Gasteiger partial charge in [0.2, 0.25) is 0 Å². The summed E-state index contributed by atoms with van der Waals surface area (Å²) < 4.78 is 43.5. The Hall–Kier alpha value is -1.21. The van der Waals surface area contributed by atoms with Crippen LogP contribution in [0.1, 0.15) is 28.8 Å². The first-order valence-electron chi connectivity index (χ1n) is 6.07. The lowest BCUT2D eigenvalue weighted by molar-refractivity contribution is -0.138. The van der Waals surface area contributed by atoms with Crippen molar-refractivity contribution in [3.63, 3.8) is 0 Å². The Morgan fingerprint density at radius 3 is 2.75 bits per heavy atom. The lowest BCUT2D eigenvalue weighted by Crippen LogP contribution is -2.13. The molecule has 1 aromatic carbocycles. The van der Waals surface area contributed by atoms with Crippen molar-refractivity contribution in [2.24, 2.45) is 0 Å². The number of carboxylic acids is 1. The highest BCUT2D eigenvalue weighted by Crippen LogP contribution is 2.34. The van der Waals surface area contributed by atoms with Crippen molar-refractivity contribution < 1.29 is 27.8 Å². The zero-order valence-electron chi connectivity index (χ0n) is 10.4. The van der Waals surface area contributed by atoms with Crippen LogP contribution in [-0.2, 0) is 10.9 Å². The standard InChI is InChI=1S/C13H13F3O3S/c14-13(15,16)11-4-3-9(6-10(11)12(17)18)20-7-8-2-1-5-19-8/h3-4,6,8H,1-2,5,7H2,(H,17,18). The summed E-state index contributed by atoms with van der Waals surface area (Å²) >= 11 is 1.31. The number of benzene rings is 1. The third-order valence-electron chi connectivity index (χ3n) is 2.99. The molecule has 0 spiro atoms. The van der Waals surface area contributed by atoms with Gasteiger partial charge in [-0.25, -0.2) is 4.79 Å². The average Bonchev–Trinajstić information content (AvgIpc) is 2.88. The van der Waals surface area contributed by atoms with Crippen molar-refractivity contribution in [1.82, 2.24) is 0 Å². The van der Waals surface area contributed by atoms with Gasteiger partial charge in [-0.2, -0.15) is 13.2 Å². The number of aromatic carboxylic acids is 1. The summed E-state index contributed by atoms with van der Waals surface area (Å²) in [5.74, 6) is -0.957. The van der Waals surface area contributed by atoms with Crippen molar-refractivity contribution in [3.8, 4) is 0 Å². The number of ether oxygens (including phenoxy) is 1. The third-order valence-corrected chi connectivity index (χ3v) is 4.11. The van der Waals surface area contributed by atoms with E-state index in [-0.39, 0.29) is 6.10 Å². The predicted molar refractivity (Wildman–Crippen MR) is 68.1 cm³/mol. The molecule has 1 aliphatic heterocycles. The molecule has 1 aliphatic rings. The zero-order chi connectivity index (χ0) is 14.8. The summed E-state index contributed by atoms with van der Waals surface area (Å²) in [6.07, 6.45) is -2.65. The molecule has 1 saturated heterocycles. The minimum absolute atomic E-state index is 0.0931. The summed E-state index contributed by atoms with van der Waals surface area (Å²) in [5, 5.41) is 8.90. The smallest absolute Gasteiger partial charge is 0.417 e. The van der Waals surface area contributed by atoms with Crippen LogP contribution < -0.4 is 0 Å². The molecule has 1 aromatic rings. The van der Waals surface area contributed by atoms with E-state index in [1.807, 2.05) is 0 Å². The molecule has 20 heavy (non-hydrogen) atoms. The van der Waals surface area contributed by atoms with Crippen LogP contribution in [0.5, 0.6) is 0 Å². The Morgan fingerprint density at radius 2 is 2.20 bits per heavy atom. The third kappa shape index (κ3) is 3.67. The van der Waals surface area contributed by atoms with Crippen LogP contribution in [0.2, 0.25) is 0 Å². The van der Waals surface area contributed by atoms with Crippen LogP contribution in [0.3, 0.4) is 0 Å². The van der Waals surface area contributed by atoms with Crippen LogP contribution in [0.4, 0.5) is 13.2 Å². The van der Waals surface area contributed by atoms with Gasteiger partial charge in [-0.05, 0) is 31.0 Å². The highest BCUT2D eigenvalue weighted by Gasteiger charge is 2.35. The number of thioether (sulfide) groups is 1. The van der Waals surface area contributed by atoms with E-state index in [0.717, 1.165) is 25.0 Å². The van der Waals surface area contributed by atoms with E-state index in [2.05, 4.69) is 0 Å². The van der Waals surface area contributed by atoms with Gasteiger partial charge in [0.1, 0.15) is 0 Å². The fourth-order valence-electron chi connectivity index (χ4n) is 2.00. The maximum absolute atomic E-state index is 12.7. The molecule has 0 aliphatic carbocycles. The molecule has 1 atom stereocenters. The average molecular weight is 306 g/mol. The first-order chi connectivity index (χ1) is 9.38. The lowest BCUT2D eigenvalue weighted by atomic mass is 10.1. The number of halogens is 3. The van der Waals surface area contributed by atoms with Gasteiger partial charge < -0.3 is 9.84 Å². The van der Waals surface area contributed by atoms with Crippen LogP contribution in [-0.4, -0.2) is 29.5 Å². The SMILES string of the molecule is O=C(O)c1cc(SCC2CCCO2)ccc1C(F)(F)F. The predicted octanol–water partition coefficient (Wildman–Crippen LogP) is 3.67. The molecule has 0 bridgehead atoms. The molecular formula is C13H13F3O3S. The lowest BCUT2D eigenvalue weighted by Gasteiger charge is -2.13. The van der Waals surface area contributed by atoms with Gasteiger partial charge in [-0.1, -0.05) is 0 Å². The van der Waals surface area contributed by atoms with E-state index in [1.54, 1.807) is 0 Å². The van der Waals surface area contributed by atoms with Gasteiger partial charge in [0.15, 0.2) is 0 Å². The number of alkyl halides is 3. The molecule has 0 amide bonds. The molecule has 0 radical (unpaired) electrons. The summed E-state index contributed by atoms with van der Waals surface area (Å²) in [6, 6.07) is 3.20. The highest BCUT2D eigenvalue weighted by molar-refractivity contribution is 7.99. The van der Waals surface area contributed by atoms with Gasteiger partial charge >= 0.3 is 12.1 Å². The molecule has 2 rings (SSSR count). The molecular weight excluding hydrogens is 293 g/mol. The Morgan fingerprint density at radius 1 is 1.45 bits per heavy atom. The van der Waals surface area contributed by atoms with Gasteiger partial charge in [-0.3, -0.25) is 0 Å². The van der Waals surface area contributed by atoms with Crippen LogP contribution >= 0.6 is 11.8 Å². The van der Waals surface area contributed by atoms with Gasteiger partial charge in [0.25, 0.3) is 0 Å². The molecule has 7 heteroatoms. The molecule has 110 valence electrons. The van der Waals surface area contributed by atoms with Crippen molar-refractivity contribution in [2.45, 2.75) is 30.0 Å². The zero-order valence-corrected chi connectivity index (χ0v) is 11.3. The molecule has 1 fully saturated rings. The molecule has 0 saturated carbocycles. The molecule has 0 aromatic heterocycles. The van der Waals surface area contributed by atoms with Gasteiger partial charge in [0.05, 0.1) is 17.2 Å². The van der Waals surface area contributed by atoms with Crippen molar-refractivity contribution in [2.75, 3.05) is 12.4 Å². The quantitative estimate of drug-likeness (QED) is 0.862. The minimum Gasteiger partial charge on any atom is -0.478 e. The van der Waals surface area contributed by atoms with Crippen LogP contribution in [0.25, 0.3) is 0 Å². The van der Waals surface area contributed by atoms with Crippen LogP contribution in [0, 0.1) is 0 Å². The fraction of sp³-hybridized carbons (Fsp3) is 0.462. The van der Waals surface area contributed by atoms with E-state index in [4.69, 9.17) is 9.84 Å². The number of carbonyl (C=O) groups is 1. The van der Waals surface area contributed by atoms with Crippen LogP contribution in [0.15, 0.2) is 23.1 Å². The first-order valence-corrected chi connectivity index (χ1v) is 7.05. The fourth-order valence-corrected chi connectivity index (χ4v) is 3.01. The summed E-state index contributed by atoms with van der Waals surface area (Å²) in [4.78, 5) is 11.5. The number of hydrogen-bond acceptors (Lipinski definition) is 3. The van der Waals surface area contributed by atoms with Gasteiger partial charge in [-0.15, -0.1) is 11.8 Å². The molecule has 1 heterocycles. The molecule has 1 unspecified atom stereocenters. The van der Waals surface area contributed by atoms with E-state index >= 15 is 0 Å².